The van der Waals surface area contributed by atoms with Gasteiger partial charge in [0.05, 0.1) is 7.11 Å². The van der Waals surface area contributed by atoms with Crippen molar-refractivity contribution in [2.45, 2.75) is 25.1 Å². The molecule has 1 aromatic rings. The molecule has 1 amide bonds. The summed E-state index contributed by atoms with van der Waals surface area (Å²) in [6, 6.07) is 4.27. The SMILES string of the molecule is COc1ccc(N2C(=O)CC[C@H]2C(F)(F)F)cc1. The maximum Gasteiger partial charge on any atom is 0.409 e. The van der Waals surface area contributed by atoms with Gasteiger partial charge in [0.1, 0.15) is 11.8 Å². The van der Waals surface area contributed by atoms with E-state index in [1.807, 2.05) is 0 Å². The zero-order valence-corrected chi connectivity index (χ0v) is 9.70. The number of carbonyl (C=O) groups is 1. The van der Waals surface area contributed by atoms with Gasteiger partial charge < -0.3 is 9.64 Å². The third-order valence-corrected chi connectivity index (χ3v) is 2.94. The Morgan fingerprint density at radius 1 is 1.28 bits per heavy atom. The molecule has 0 radical (unpaired) electrons. The van der Waals surface area contributed by atoms with Crippen LogP contribution in [0.3, 0.4) is 0 Å². The molecule has 2 rings (SSSR count). The molecule has 0 aliphatic carbocycles. The molecule has 1 atom stereocenters. The second kappa shape index (κ2) is 4.51. The van der Waals surface area contributed by atoms with Gasteiger partial charge in [-0.15, -0.1) is 0 Å². The van der Waals surface area contributed by atoms with Gasteiger partial charge in [0.25, 0.3) is 0 Å². The second-order valence-electron chi connectivity index (χ2n) is 4.06. The van der Waals surface area contributed by atoms with Crippen molar-refractivity contribution in [2.75, 3.05) is 12.0 Å². The minimum Gasteiger partial charge on any atom is -0.497 e. The highest BCUT2D eigenvalue weighted by Crippen LogP contribution is 2.36. The van der Waals surface area contributed by atoms with E-state index in [4.69, 9.17) is 4.74 Å². The first-order valence-electron chi connectivity index (χ1n) is 5.46. The van der Waals surface area contributed by atoms with Crippen LogP contribution in [0.4, 0.5) is 18.9 Å². The highest BCUT2D eigenvalue weighted by Gasteiger charge is 2.49. The Balaban J connectivity index is 2.31. The summed E-state index contributed by atoms with van der Waals surface area (Å²) in [5.74, 6) is 0.0384. The molecule has 0 unspecified atom stereocenters. The van der Waals surface area contributed by atoms with E-state index in [9.17, 15) is 18.0 Å². The first-order chi connectivity index (χ1) is 8.43. The van der Waals surface area contributed by atoms with Gasteiger partial charge in [-0.1, -0.05) is 0 Å². The van der Waals surface area contributed by atoms with Crippen LogP contribution >= 0.6 is 0 Å². The Kier molecular flexibility index (Phi) is 3.19. The molecular weight excluding hydrogens is 247 g/mol. The van der Waals surface area contributed by atoms with Crippen molar-refractivity contribution in [3.8, 4) is 5.75 Å². The highest BCUT2D eigenvalue weighted by atomic mass is 19.4. The average Bonchev–Trinajstić information content (AvgIpc) is 2.71. The zero-order valence-electron chi connectivity index (χ0n) is 9.70. The van der Waals surface area contributed by atoms with Crippen LogP contribution in [0.1, 0.15) is 12.8 Å². The Morgan fingerprint density at radius 2 is 1.89 bits per heavy atom. The molecule has 1 aliphatic heterocycles. The fourth-order valence-corrected chi connectivity index (χ4v) is 2.06. The van der Waals surface area contributed by atoms with Crippen LogP contribution in [0.25, 0.3) is 0 Å². The summed E-state index contributed by atoms with van der Waals surface area (Å²) < 4.78 is 43.3. The smallest absolute Gasteiger partial charge is 0.409 e. The Morgan fingerprint density at radius 3 is 2.39 bits per heavy atom. The number of anilines is 1. The number of alkyl halides is 3. The van der Waals surface area contributed by atoms with Crippen molar-refractivity contribution in [2.24, 2.45) is 0 Å². The highest BCUT2D eigenvalue weighted by molar-refractivity contribution is 5.96. The monoisotopic (exact) mass is 259 g/mol. The number of amides is 1. The summed E-state index contributed by atoms with van der Waals surface area (Å²) >= 11 is 0. The number of halogens is 3. The van der Waals surface area contributed by atoms with E-state index in [2.05, 4.69) is 0 Å². The molecule has 98 valence electrons. The van der Waals surface area contributed by atoms with Crippen LogP contribution in [-0.2, 0) is 4.79 Å². The van der Waals surface area contributed by atoms with Crippen LogP contribution in [0.2, 0.25) is 0 Å². The number of methoxy groups -OCH3 is 1. The molecule has 0 bridgehead atoms. The number of hydrogen-bond acceptors (Lipinski definition) is 2. The lowest BCUT2D eigenvalue weighted by Gasteiger charge is -2.26. The van der Waals surface area contributed by atoms with Gasteiger partial charge in [0.15, 0.2) is 0 Å². The molecule has 0 spiro atoms. The van der Waals surface area contributed by atoms with E-state index in [0.717, 1.165) is 4.90 Å². The van der Waals surface area contributed by atoms with Crippen molar-refractivity contribution < 1.29 is 22.7 Å². The van der Waals surface area contributed by atoms with Gasteiger partial charge in [-0.25, -0.2) is 0 Å². The standard InChI is InChI=1S/C12H12F3NO2/c1-18-9-4-2-8(3-5-9)16-10(12(13,14)15)6-7-11(16)17/h2-5,10H,6-7H2,1H3/t10-/m0/s1. The third-order valence-electron chi connectivity index (χ3n) is 2.94. The van der Waals surface area contributed by atoms with Gasteiger partial charge in [-0.05, 0) is 30.7 Å². The van der Waals surface area contributed by atoms with E-state index in [1.165, 1.54) is 31.4 Å². The summed E-state index contributed by atoms with van der Waals surface area (Å²) in [7, 11) is 1.47. The lowest BCUT2D eigenvalue weighted by atomic mass is 10.2. The molecule has 3 nitrogen and oxygen atoms in total. The topological polar surface area (TPSA) is 29.5 Å². The molecule has 1 aromatic carbocycles. The summed E-state index contributed by atoms with van der Waals surface area (Å²) in [5, 5.41) is 0. The predicted molar refractivity (Wildman–Crippen MR) is 59.6 cm³/mol. The summed E-state index contributed by atoms with van der Waals surface area (Å²) in [5.41, 5.74) is 0.251. The lowest BCUT2D eigenvalue weighted by molar-refractivity contribution is -0.148. The predicted octanol–water partition coefficient (Wildman–Crippen LogP) is 2.75. The van der Waals surface area contributed by atoms with Crippen LogP contribution < -0.4 is 9.64 Å². The van der Waals surface area contributed by atoms with Gasteiger partial charge in [-0.2, -0.15) is 13.2 Å². The van der Waals surface area contributed by atoms with Crippen LogP contribution in [-0.4, -0.2) is 25.2 Å². The minimum atomic E-state index is -4.40. The first kappa shape index (κ1) is 12.7. The summed E-state index contributed by atoms with van der Waals surface area (Å²) in [6.45, 7) is 0. The van der Waals surface area contributed by atoms with E-state index >= 15 is 0 Å². The number of hydrogen-bond donors (Lipinski definition) is 0. The number of benzene rings is 1. The maximum atomic E-state index is 12.8. The number of carbonyl (C=O) groups excluding carboxylic acids is 1. The Labute approximate surface area is 102 Å². The summed E-state index contributed by atoms with van der Waals surface area (Å²) in [6.07, 6.45) is -4.66. The minimum absolute atomic E-state index is 0.0732. The summed E-state index contributed by atoms with van der Waals surface area (Å²) in [4.78, 5) is 12.4. The quantitative estimate of drug-likeness (QED) is 0.817. The lowest BCUT2D eigenvalue weighted by Crippen LogP contribution is -2.43. The molecule has 1 aliphatic rings. The van der Waals surface area contributed by atoms with Crippen molar-refractivity contribution >= 4 is 11.6 Å². The van der Waals surface area contributed by atoms with Crippen molar-refractivity contribution in [3.63, 3.8) is 0 Å². The van der Waals surface area contributed by atoms with Crippen LogP contribution in [0.15, 0.2) is 24.3 Å². The Hall–Kier alpha value is -1.72. The van der Waals surface area contributed by atoms with Crippen molar-refractivity contribution in [1.29, 1.82) is 0 Å². The van der Waals surface area contributed by atoms with E-state index in [0.29, 0.717) is 5.75 Å². The normalized spacial score (nSPS) is 20.3. The van der Waals surface area contributed by atoms with Gasteiger partial charge in [-0.3, -0.25) is 4.79 Å². The molecule has 0 saturated carbocycles. The van der Waals surface area contributed by atoms with Crippen molar-refractivity contribution in [3.05, 3.63) is 24.3 Å². The zero-order chi connectivity index (χ0) is 13.3. The second-order valence-corrected chi connectivity index (χ2v) is 4.06. The van der Waals surface area contributed by atoms with Gasteiger partial charge in [0.2, 0.25) is 5.91 Å². The van der Waals surface area contributed by atoms with E-state index in [1.54, 1.807) is 0 Å². The van der Waals surface area contributed by atoms with E-state index < -0.39 is 18.1 Å². The fourth-order valence-electron chi connectivity index (χ4n) is 2.06. The fraction of sp³-hybridized carbons (Fsp3) is 0.417. The number of ether oxygens (including phenoxy) is 1. The molecule has 1 saturated heterocycles. The largest absolute Gasteiger partial charge is 0.497 e. The number of nitrogens with zero attached hydrogens (tertiary/aromatic N) is 1. The van der Waals surface area contributed by atoms with Gasteiger partial charge in [0, 0.05) is 12.1 Å². The number of rotatable bonds is 2. The van der Waals surface area contributed by atoms with Crippen LogP contribution in [0.5, 0.6) is 5.75 Å². The van der Waals surface area contributed by atoms with Gasteiger partial charge >= 0.3 is 6.18 Å². The molecule has 18 heavy (non-hydrogen) atoms. The molecule has 1 fully saturated rings. The Bertz CT molecular complexity index is 442. The molecular formula is C12H12F3NO2. The maximum absolute atomic E-state index is 12.8. The molecule has 1 heterocycles. The van der Waals surface area contributed by atoms with Crippen molar-refractivity contribution in [1.82, 2.24) is 0 Å². The molecule has 0 aromatic heterocycles. The molecule has 0 N–H and O–H groups in total. The molecule has 6 heteroatoms. The first-order valence-corrected chi connectivity index (χ1v) is 5.46. The average molecular weight is 259 g/mol. The van der Waals surface area contributed by atoms with E-state index in [-0.39, 0.29) is 18.5 Å². The third kappa shape index (κ3) is 2.27. The van der Waals surface area contributed by atoms with Crippen LogP contribution in [0, 0.1) is 0 Å².